The Labute approximate surface area is 122 Å². The van der Waals surface area contributed by atoms with Gasteiger partial charge in [0.05, 0.1) is 6.61 Å². The van der Waals surface area contributed by atoms with Gasteiger partial charge in [-0.05, 0) is 38.8 Å². The minimum atomic E-state index is -1.26. The van der Waals surface area contributed by atoms with Gasteiger partial charge in [-0.1, -0.05) is 22.9 Å². The number of carbonyl (C=O) groups excluding carboxylic acids is 3. The molecular weight excluding hydrogens is 274 g/mol. The van der Waals surface area contributed by atoms with Crippen LogP contribution in [0.1, 0.15) is 34.0 Å². The Balaban J connectivity index is 3.23. The molecule has 1 rings (SSSR count). The highest BCUT2D eigenvalue weighted by Crippen LogP contribution is 2.18. The van der Waals surface area contributed by atoms with Crippen LogP contribution in [0.25, 0.3) is 0 Å². The van der Waals surface area contributed by atoms with Crippen LogP contribution in [0.3, 0.4) is 0 Å². The summed E-state index contributed by atoms with van der Waals surface area (Å²) in [6.45, 7) is 6.80. The number of nitrogens with zero attached hydrogens (tertiary/aromatic N) is 1. The van der Waals surface area contributed by atoms with Crippen molar-refractivity contribution in [2.75, 3.05) is 6.61 Å². The summed E-state index contributed by atoms with van der Waals surface area (Å²) in [5.74, 6) is -3.28. The molecule has 0 heterocycles. The quantitative estimate of drug-likeness (QED) is 0.170. The van der Waals surface area contributed by atoms with Gasteiger partial charge in [-0.2, -0.15) is 0 Å². The van der Waals surface area contributed by atoms with Crippen LogP contribution in [-0.4, -0.2) is 35.1 Å². The molecule has 1 aromatic rings. The summed E-state index contributed by atoms with van der Waals surface area (Å²) >= 11 is 0. The summed E-state index contributed by atoms with van der Waals surface area (Å²) in [5.41, 5.74) is 1.63. The molecule has 1 N–H and O–H groups in total. The molecule has 0 saturated heterocycles. The van der Waals surface area contributed by atoms with Crippen molar-refractivity contribution in [3.8, 4) is 0 Å². The fourth-order valence-electron chi connectivity index (χ4n) is 2.14. The molecule has 0 aliphatic carbocycles. The first kappa shape index (κ1) is 16.6. The van der Waals surface area contributed by atoms with Crippen LogP contribution >= 0.6 is 0 Å². The summed E-state index contributed by atoms with van der Waals surface area (Å²) in [7, 11) is 0. The summed E-state index contributed by atoms with van der Waals surface area (Å²) in [5, 5.41) is 11.6. The monoisotopic (exact) mass is 291 g/mol. The van der Waals surface area contributed by atoms with E-state index in [2.05, 4.69) is 9.89 Å². The maximum Gasteiger partial charge on any atom is 0.381 e. The number of rotatable bonds is 5. The van der Waals surface area contributed by atoms with E-state index >= 15 is 0 Å². The zero-order chi connectivity index (χ0) is 16.2. The number of esters is 1. The summed E-state index contributed by atoms with van der Waals surface area (Å²) < 4.78 is 4.52. The molecule has 0 aliphatic heterocycles. The van der Waals surface area contributed by atoms with E-state index in [-0.39, 0.29) is 12.2 Å². The van der Waals surface area contributed by atoms with Crippen LogP contribution in [0.4, 0.5) is 0 Å². The van der Waals surface area contributed by atoms with Gasteiger partial charge in [-0.15, -0.1) is 0 Å². The summed E-state index contributed by atoms with van der Waals surface area (Å²) in [4.78, 5) is 35.5. The lowest BCUT2D eigenvalue weighted by molar-refractivity contribution is -0.150. The highest BCUT2D eigenvalue weighted by atomic mass is 16.5. The third-order valence-electron chi connectivity index (χ3n) is 2.90. The van der Waals surface area contributed by atoms with E-state index < -0.39 is 23.2 Å². The minimum absolute atomic E-state index is 0.0138. The van der Waals surface area contributed by atoms with E-state index in [1.165, 1.54) is 6.92 Å². The van der Waals surface area contributed by atoms with Crippen molar-refractivity contribution in [1.29, 1.82) is 0 Å². The van der Waals surface area contributed by atoms with E-state index in [9.17, 15) is 14.4 Å². The number of oxime groups is 1. The van der Waals surface area contributed by atoms with Crippen molar-refractivity contribution in [2.45, 2.75) is 27.7 Å². The highest BCUT2D eigenvalue weighted by molar-refractivity contribution is 6.80. The van der Waals surface area contributed by atoms with Gasteiger partial charge in [0.15, 0.2) is 0 Å². The normalized spacial score (nSPS) is 11.1. The molecule has 21 heavy (non-hydrogen) atoms. The van der Waals surface area contributed by atoms with E-state index in [0.29, 0.717) is 11.1 Å². The minimum Gasteiger partial charge on any atom is -0.460 e. The molecule has 0 saturated carbocycles. The Morgan fingerprint density at radius 1 is 1.14 bits per heavy atom. The molecule has 112 valence electrons. The topological polar surface area (TPSA) is 93.0 Å². The first-order chi connectivity index (χ1) is 9.83. The van der Waals surface area contributed by atoms with Gasteiger partial charge in [0.25, 0.3) is 5.78 Å². The number of benzene rings is 1. The van der Waals surface area contributed by atoms with Crippen molar-refractivity contribution in [3.63, 3.8) is 0 Å². The molecule has 0 fully saturated rings. The zero-order valence-electron chi connectivity index (χ0n) is 12.4. The van der Waals surface area contributed by atoms with Gasteiger partial charge in [0, 0.05) is 5.56 Å². The molecule has 1 aromatic carbocycles. The molecule has 0 aliphatic rings. The number of ether oxygens (including phenoxy) is 1. The smallest absolute Gasteiger partial charge is 0.381 e. The molecule has 0 bridgehead atoms. The summed E-state index contributed by atoms with van der Waals surface area (Å²) in [6.07, 6.45) is 0. The van der Waals surface area contributed by atoms with E-state index in [1.54, 1.807) is 26.0 Å². The van der Waals surface area contributed by atoms with Gasteiger partial charge in [0.2, 0.25) is 11.5 Å². The van der Waals surface area contributed by atoms with Crippen LogP contribution in [-0.2, 0) is 14.3 Å². The molecule has 6 heteroatoms. The summed E-state index contributed by atoms with van der Waals surface area (Å²) in [6, 6.07) is 3.54. The van der Waals surface area contributed by atoms with E-state index in [0.717, 1.165) is 5.56 Å². The maximum absolute atomic E-state index is 12.4. The van der Waals surface area contributed by atoms with Crippen LogP contribution in [0.15, 0.2) is 17.3 Å². The second-order valence-electron chi connectivity index (χ2n) is 4.60. The van der Waals surface area contributed by atoms with Crippen LogP contribution in [0, 0.1) is 20.8 Å². The van der Waals surface area contributed by atoms with Crippen molar-refractivity contribution >= 4 is 23.2 Å². The largest absolute Gasteiger partial charge is 0.460 e. The van der Waals surface area contributed by atoms with Crippen LogP contribution in [0.5, 0.6) is 0 Å². The van der Waals surface area contributed by atoms with Gasteiger partial charge in [-0.25, -0.2) is 4.79 Å². The number of hydrogen-bond acceptors (Lipinski definition) is 6. The number of aryl methyl sites for hydroxylation is 3. The average molecular weight is 291 g/mol. The highest BCUT2D eigenvalue weighted by Gasteiger charge is 2.31. The number of carbonyl (C=O) groups is 3. The van der Waals surface area contributed by atoms with Gasteiger partial charge in [-0.3, -0.25) is 9.59 Å². The van der Waals surface area contributed by atoms with E-state index in [4.69, 9.17) is 5.21 Å². The molecular formula is C15H17NO5. The predicted octanol–water partition coefficient (Wildman–Crippen LogP) is 1.76. The Bertz CT molecular complexity index is 608. The van der Waals surface area contributed by atoms with Crippen molar-refractivity contribution in [1.82, 2.24) is 0 Å². The molecule has 0 atom stereocenters. The molecule has 0 unspecified atom stereocenters. The first-order valence-corrected chi connectivity index (χ1v) is 6.39. The van der Waals surface area contributed by atoms with Crippen LogP contribution in [0.2, 0.25) is 0 Å². The van der Waals surface area contributed by atoms with E-state index in [1.807, 2.05) is 6.92 Å². The third-order valence-corrected chi connectivity index (χ3v) is 2.90. The van der Waals surface area contributed by atoms with Crippen LogP contribution < -0.4 is 0 Å². The van der Waals surface area contributed by atoms with Gasteiger partial charge < -0.3 is 9.94 Å². The lowest BCUT2D eigenvalue weighted by Crippen LogP contribution is -2.33. The lowest BCUT2D eigenvalue weighted by atomic mass is 9.93. The van der Waals surface area contributed by atoms with Gasteiger partial charge >= 0.3 is 5.97 Å². The number of Topliss-reactive ketones (excluding diaryl/α,β-unsaturated/α-hetero) is 2. The third kappa shape index (κ3) is 3.53. The Morgan fingerprint density at radius 2 is 1.67 bits per heavy atom. The lowest BCUT2D eigenvalue weighted by Gasteiger charge is -2.10. The second kappa shape index (κ2) is 6.78. The SMILES string of the molecule is CCOC(=O)C(=O)C(=NO)C(=O)c1c(C)cc(C)cc1C. The van der Waals surface area contributed by atoms with Crippen molar-refractivity contribution in [3.05, 3.63) is 34.4 Å². The molecule has 6 nitrogen and oxygen atoms in total. The second-order valence-corrected chi connectivity index (χ2v) is 4.60. The van der Waals surface area contributed by atoms with Gasteiger partial charge in [0.1, 0.15) is 0 Å². The standard InChI is InChI=1S/C15H17NO5/c1-5-21-15(19)14(18)12(16-20)13(17)11-9(3)6-8(2)7-10(11)4/h6-7,20H,5H2,1-4H3. The Hall–Kier alpha value is -2.50. The molecule has 0 radical (unpaired) electrons. The Morgan fingerprint density at radius 3 is 2.10 bits per heavy atom. The molecule has 0 spiro atoms. The fourth-order valence-corrected chi connectivity index (χ4v) is 2.14. The van der Waals surface area contributed by atoms with Crippen molar-refractivity contribution < 1.29 is 24.3 Å². The number of ketones is 2. The molecule has 0 aromatic heterocycles. The predicted molar refractivity (Wildman–Crippen MR) is 75.8 cm³/mol. The van der Waals surface area contributed by atoms with Crippen molar-refractivity contribution in [2.24, 2.45) is 5.16 Å². The number of hydrogen-bond donors (Lipinski definition) is 1. The average Bonchev–Trinajstić information content (AvgIpc) is 2.38. The Kier molecular flexibility index (Phi) is 5.35. The first-order valence-electron chi connectivity index (χ1n) is 6.39. The fraction of sp³-hybridized carbons (Fsp3) is 0.333. The maximum atomic E-state index is 12.4. The molecule has 0 amide bonds. The zero-order valence-corrected chi connectivity index (χ0v) is 12.4.